The van der Waals surface area contributed by atoms with E-state index in [4.69, 9.17) is 13.9 Å². The standard InChI is InChI=1S/C30H42O8/c1-16-24(32)25(33)26(34)27(37-16)38-19-8-11-28(2)18(14-19)5-6-22-21(28)9-12-29(3)20(10-13-30(22,29)35)17-4-7-23(31)36-15-17/h4,7,14-16,19-22,24-27,32-35H,5-6,8-13H2,1-3H3/t16-,19-,20+,21+,22-,24+,25+,26-,27+,28-,29+,30-/m0/s1. The van der Waals surface area contributed by atoms with E-state index in [9.17, 15) is 25.2 Å². The molecule has 0 unspecified atom stereocenters. The molecule has 0 aromatic carbocycles. The van der Waals surface area contributed by atoms with E-state index in [0.29, 0.717) is 5.92 Å². The third-order valence-corrected chi connectivity index (χ3v) is 11.5. The molecule has 1 aromatic rings. The Balaban J connectivity index is 1.21. The summed E-state index contributed by atoms with van der Waals surface area (Å²) in [6.45, 7) is 6.26. The number of hydrogen-bond acceptors (Lipinski definition) is 8. The van der Waals surface area contributed by atoms with Gasteiger partial charge in [-0.1, -0.05) is 25.5 Å². The van der Waals surface area contributed by atoms with Crippen molar-refractivity contribution in [3.05, 3.63) is 46.0 Å². The van der Waals surface area contributed by atoms with Crippen molar-refractivity contribution in [3.63, 3.8) is 0 Å². The zero-order valence-electron chi connectivity index (χ0n) is 22.6. The van der Waals surface area contributed by atoms with Gasteiger partial charge in [0.05, 0.1) is 24.1 Å². The topological polar surface area (TPSA) is 130 Å². The predicted octanol–water partition coefficient (Wildman–Crippen LogP) is 3.01. The Labute approximate surface area is 223 Å². The minimum atomic E-state index is -1.31. The van der Waals surface area contributed by atoms with Crippen LogP contribution in [0.1, 0.15) is 83.6 Å². The van der Waals surface area contributed by atoms with Gasteiger partial charge in [0, 0.05) is 11.5 Å². The number of allylic oxidation sites excluding steroid dienone is 1. The Bertz CT molecular complexity index is 1130. The van der Waals surface area contributed by atoms with E-state index in [2.05, 4.69) is 19.9 Å². The van der Waals surface area contributed by atoms with E-state index in [1.165, 1.54) is 11.6 Å². The summed E-state index contributed by atoms with van der Waals surface area (Å²) in [5.74, 6) is 0.759. The fraction of sp³-hybridized carbons (Fsp3) is 0.767. The first-order valence-electron chi connectivity index (χ1n) is 14.4. The van der Waals surface area contributed by atoms with E-state index < -0.39 is 36.3 Å². The highest BCUT2D eigenvalue weighted by Crippen LogP contribution is 2.70. The molecule has 8 heteroatoms. The lowest BCUT2D eigenvalue weighted by atomic mass is 9.45. The van der Waals surface area contributed by atoms with Crippen molar-refractivity contribution in [2.45, 2.75) is 120 Å². The molecule has 1 aliphatic heterocycles. The number of rotatable bonds is 3. The van der Waals surface area contributed by atoms with Gasteiger partial charge in [0.2, 0.25) is 0 Å². The third-order valence-electron chi connectivity index (χ3n) is 11.5. The van der Waals surface area contributed by atoms with Gasteiger partial charge in [0.25, 0.3) is 0 Å². The average Bonchev–Trinajstić information content (AvgIpc) is 3.18. The second kappa shape index (κ2) is 9.25. The Kier molecular flexibility index (Phi) is 6.49. The van der Waals surface area contributed by atoms with Crippen LogP contribution in [0.2, 0.25) is 0 Å². The summed E-state index contributed by atoms with van der Waals surface area (Å²) < 4.78 is 17.0. The molecule has 3 saturated carbocycles. The summed E-state index contributed by atoms with van der Waals surface area (Å²) in [5.41, 5.74) is 0.991. The molecule has 4 fully saturated rings. The van der Waals surface area contributed by atoms with E-state index in [-0.39, 0.29) is 34.4 Å². The highest BCUT2D eigenvalue weighted by atomic mass is 16.7. The lowest BCUT2D eigenvalue weighted by Gasteiger charge is -2.62. The molecule has 210 valence electrons. The van der Waals surface area contributed by atoms with Gasteiger partial charge in [0.1, 0.15) is 18.3 Å². The SMILES string of the molecule is C[C@@H]1O[C@H](O[C@@H]2C=C3CC[C@H]4[C@@H](CC[C@]5(C)[C@@H](c6ccc(=O)oc6)CC[C@]45O)[C@@]3(C)CC2)[C@@H](O)[C@H](O)[C@@H]1O. The van der Waals surface area contributed by atoms with Crippen LogP contribution in [-0.2, 0) is 9.47 Å². The molecule has 2 heterocycles. The number of fused-ring (bicyclic) bond motifs is 5. The van der Waals surface area contributed by atoms with Crippen molar-refractivity contribution >= 4 is 0 Å². The van der Waals surface area contributed by atoms with E-state index in [1.54, 1.807) is 13.2 Å². The van der Waals surface area contributed by atoms with Crippen LogP contribution in [0.25, 0.3) is 0 Å². The van der Waals surface area contributed by atoms with Crippen LogP contribution >= 0.6 is 0 Å². The van der Waals surface area contributed by atoms with E-state index in [1.807, 2.05) is 6.07 Å². The van der Waals surface area contributed by atoms with Crippen molar-refractivity contribution in [2.75, 3.05) is 0 Å². The summed E-state index contributed by atoms with van der Waals surface area (Å²) in [6.07, 6.45) is 5.32. The van der Waals surface area contributed by atoms with Crippen molar-refractivity contribution in [1.29, 1.82) is 0 Å². The minimum Gasteiger partial charge on any atom is -0.431 e. The quantitative estimate of drug-likeness (QED) is 0.439. The molecule has 12 atom stereocenters. The summed E-state index contributed by atoms with van der Waals surface area (Å²) in [7, 11) is 0. The van der Waals surface area contributed by atoms with Crippen LogP contribution in [0.4, 0.5) is 0 Å². The first-order valence-corrected chi connectivity index (χ1v) is 14.4. The fourth-order valence-electron chi connectivity index (χ4n) is 9.17. The van der Waals surface area contributed by atoms with Crippen LogP contribution < -0.4 is 5.63 Å². The van der Waals surface area contributed by atoms with Crippen molar-refractivity contribution < 1.29 is 34.3 Å². The molecule has 0 radical (unpaired) electrons. The zero-order chi connectivity index (χ0) is 27.0. The van der Waals surface area contributed by atoms with Crippen molar-refractivity contribution in [1.82, 2.24) is 0 Å². The number of aliphatic hydroxyl groups excluding tert-OH is 3. The first-order chi connectivity index (χ1) is 18.0. The van der Waals surface area contributed by atoms with Crippen LogP contribution in [0.15, 0.2) is 39.3 Å². The van der Waals surface area contributed by atoms with Crippen LogP contribution in [0, 0.1) is 22.7 Å². The molecule has 5 aliphatic rings. The molecule has 0 bridgehead atoms. The monoisotopic (exact) mass is 530 g/mol. The van der Waals surface area contributed by atoms with Crippen LogP contribution in [0.3, 0.4) is 0 Å². The maximum absolute atomic E-state index is 12.4. The molecule has 8 nitrogen and oxygen atoms in total. The second-order valence-corrected chi connectivity index (χ2v) is 13.1. The molecule has 4 N–H and O–H groups in total. The first kappa shape index (κ1) is 26.7. The Hall–Kier alpha value is -1.55. The van der Waals surface area contributed by atoms with Gasteiger partial charge in [0.15, 0.2) is 6.29 Å². The summed E-state index contributed by atoms with van der Waals surface area (Å²) in [6, 6.07) is 3.36. The van der Waals surface area contributed by atoms with E-state index >= 15 is 0 Å². The average molecular weight is 531 g/mol. The van der Waals surface area contributed by atoms with Crippen LogP contribution in [0.5, 0.6) is 0 Å². The minimum absolute atomic E-state index is 0.0213. The maximum Gasteiger partial charge on any atom is 0.335 e. The van der Waals surface area contributed by atoms with Gasteiger partial charge in [-0.15, -0.1) is 0 Å². The Morgan fingerprint density at radius 2 is 1.74 bits per heavy atom. The fourth-order valence-corrected chi connectivity index (χ4v) is 9.17. The molecular formula is C30H42O8. The zero-order valence-corrected chi connectivity index (χ0v) is 22.6. The molecule has 1 saturated heterocycles. The normalized spacial score (nSPS) is 50.5. The molecule has 6 rings (SSSR count). The molecule has 0 spiro atoms. The van der Waals surface area contributed by atoms with Gasteiger partial charge in [-0.05, 0) is 93.1 Å². The van der Waals surface area contributed by atoms with Crippen molar-refractivity contribution in [3.8, 4) is 0 Å². The lowest BCUT2D eigenvalue weighted by molar-refractivity contribution is -0.301. The predicted molar refractivity (Wildman–Crippen MR) is 138 cm³/mol. The molecule has 4 aliphatic carbocycles. The smallest absolute Gasteiger partial charge is 0.335 e. The highest BCUT2D eigenvalue weighted by molar-refractivity contribution is 5.31. The highest BCUT2D eigenvalue weighted by Gasteiger charge is 2.66. The molecule has 38 heavy (non-hydrogen) atoms. The summed E-state index contributed by atoms with van der Waals surface area (Å²) in [5, 5.41) is 43.0. The largest absolute Gasteiger partial charge is 0.431 e. The Morgan fingerprint density at radius 1 is 0.947 bits per heavy atom. The molecule has 1 aromatic heterocycles. The summed E-state index contributed by atoms with van der Waals surface area (Å²) in [4.78, 5) is 11.5. The van der Waals surface area contributed by atoms with Crippen LogP contribution in [-0.4, -0.2) is 62.8 Å². The second-order valence-electron chi connectivity index (χ2n) is 13.1. The van der Waals surface area contributed by atoms with E-state index in [0.717, 1.165) is 56.9 Å². The molecular weight excluding hydrogens is 488 g/mol. The lowest BCUT2D eigenvalue weighted by Crippen LogP contribution is -2.60. The van der Waals surface area contributed by atoms with Crippen molar-refractivity contribution in [2.24, 2.45) is 22.7 Å². The van der Waals surface area contributed by atoms with Gasteiger partial charge >= 0.3 is 5.63 Å². The number of hydrogen-bond donors (Lipinski definition) is 4. The number of aliphatic hydroxyl groups is 4. The maximum atomic E-state index is 12.4. The van der Waals surface area contributed by atoms with Gasteiger partial charge < -0.3 is 34.3 Å². The molecule has 0 amide bonds. The van der Waals surface area contributed by atoms with Gasteiger partial charge in [-0.3, -0.25) is 0 Å². The third kappa shape index (κ3) is 3.82. The van der Waals surface area contributed by atoms with Gasteiger partial charge in [-0.2, -0.15) is 0 Å². The Morgan fingerprint density at radius 3 is 2.47 bits per heavy atom. The van der Waals surface area contributed by atoms with Gasteiger partial charge in [-0.25, -0.2) is 4.79 Å². The summed E-state index contributed by atoms with van der Waals surface area (Å²) >= 11 is 0. The number of ether oxygens (including phenoxy) is 2.